The summed E-state index contributed by atoms with van der Waals surface area (Å²) in [6, 6.07) is 7.61. The molecular weight excluding hydrogens is 558 g/mol. The number of hydrogen-bond donors (Lipinski definition) is 6. The Morgan fingerprint density at radius 3 is 1.73 bits per heavy atom. The number of nitrogens with two attached hydrogens (primary N) is 1. The molecular formula is C24H31BrF2N4O6. The van der Waals surface area contributed by atoms with E-state index in [2.05, 4.69) is 26.6 Å². The van der Waals surface area contributed by atoms with Crippen LogP contribution in [0.5, 0.6) is 0 Å². The fourth-order valence-corrected chi connectivity index (χ4v) is 2.40. The van der Waals surface area contributed by atoms with Crippen LogP contribution in [0.2, 0.25) is 0 Å². The number of anilines is 1. The second-order valence-electron chi connectivity index (χ2n) is 8.43. The Bertz CT molecular complexity index is 1240. The lowest BCUT2D eigenvalue weighted by Crippen LogP contribution is -2.41. The van der Waals surface area contributed by atoms with E-state index in [-0.39, 0.29) is 11.1 Å². The van der Waals surface area contributed by atoms with Gasteiger partial charge in [0.1, 0.15) is 22.7 Å². The molecule has 37 heavy (non-hydrogen) atoms. The molecule has 0 atom stereocenters. The number of nitrogens with one attached hydrogen (secondary N) is 3. The Morgan fingerprint density at radius 1 is 0.892 bits per heavy atom. The topological polar surface area (TPSA) is 171 Å². The Morgan fingerprint density at radius 2 is 1.35 bits per heavy atom. The number of carbonyl (C=O) groups excluding carboxylic acids is 2. The van der Waals surface area contributed by atoms with Gasteiger partial charge in [0.25, 0.3) is 11.8 Å². The van der Waals surface area contributed by atoms with Crippen molar-refractivity contribution >= 4 is 45.4 Å². The number of halogens is 3. The van der Waals surface area contributed by atoms with Crippen molar-refractivity contribution in [1.82, 2.24) is 10.6 Å². The lowest BCUT2D eigenvalue weighted by molar-refractivity contribution is -0.142. The molecule has 0 aliphatic heterocycles. The van der Waals surface area contributed by atoms with Gasteiger partial charge in [-0.15, -0.1) is 0 Å². The summed E-state index contributed by atoms with van der Waals surface area (Å²) in [4.78, 5) is 43.3. The molecule has 0 spiro atoms. The minimum Gasteiger partial charge on any atom is -0.480 e. The van der Waals surface area contributed by atoms with Crippen LogP contribution in [0, 0.1) is 11.6 Å². The average molecular weight is 592 g/mol. The lowest BCUT2D eigenvalue weighted by Gasteiger charge is -2.22. The number of rotatable bonds is 6. The van der Waals surface area contributed by atoms with E-state index in [1.54, 1.807) is 5.32 Å². The minimum absolute atomic E-state index is 0.0869. The van der Waals surface area contributed by atoms with Crippen molar-refractivity contribution in [2.45, 2.75) is 38.8 Å². The van der Waals surface area contributed by atoms with E-state index in [9.17, 15) is 28.0 Å². The summed E-state index contributed by atoms with van der Waals surface area (Å²) >= 11 is 3.02. The highest BCUT2D eigenvalue weighted by atomic mass is 79.9. The largest absolute Gasteiger partial charge is 0.480 e. The second-order valence-corrected chi connectivity index (χ2v) is 9.35. The third-order valence-corrected chi connectivity index (χ3v) is 4.77. The van der Waals surface area contributed by atoms with Crippen molar-refractivity contribution in [2.75, 3.05) is 19.3 Å². The second kappa shape index (κ2) is 14.2. The van der Waals surface area contributed by atoms with Crippen LogP contribution < -0.4 is 21.7 Å². The van der Waals surface area contributed by atoms with Crippen LogP contribution in [0.3, 0.4) is 0 Å². The average Bonchev–Trinajstić information content (AvgIpc) is 2.77. The summed E-state index contributed by atoms with van der Waals surface area (Å²) in [5, 5.41) is 23.7. The molecule has 0 fully saturated rings. The molecule has 2 amide bonds. The number of aliphatic carboxylic acids is 2. The molecule has 0 heterocycles. The van der Waals surface area contributed by atoms with Crippen molar-refractivity contribution in [2.24, 2.45) is 5.73 Å². The maximum atomic E-state index is 13.6. The first kappa shape index (κ1) is 28.0. The highest BCUT2D eigenvalue weighted by molar-refractivity contribution is 9.10. The van der Waals surface area contributed by atoms with Gasteiger partial charge in [0.15, 0.2) is 0 Å². The predicted octanol–water partition coefficient (Wildman–Crippen LogP) is 3.22. The monoisotopic (exact) mass is 591 g/mol. The van der Waals surface area contributed by atoms with Crippen LogP contribution in [0.25, 0.3) is 0 Å². The number of carboxylic acids is 2. The standard InChI is InChI=1S/C12H15FN2O3.C8H7BrFNO.C4H9NO2/c1-12(2,11(17)18)15-7-4-5-8(9(13)6-7)10(16)14-3;1-11-8(12)6-3-2-5(9)4-7(6)10;1-4(2,5)3(6)7/h4-6,15H,1-3H3,(H,14,16)(H,17,18);2-4H,1H3,(H,11,12);5H2,1-2H3,(H,6,7)/i;1D3;. The third-order valence-electron chi connectivity index (χ3n) is 4.27. The molecule has 0 radical (unpaired) electrons. The van der Waals surface area contributed by atoms with Crippen molar-refractivity contribution < 1.29 is 42.3 Å². The zero-order valence-electron chi connectivity index (χ0n) is 23.7. The summed E-state index contributed by atoms with van der Waals surface area (Å²) in [5.41, 5.74) is 2.69. The van der Waals surface area contributed by atoms with E-state index >= 15 is 0 Å². The molecule has 13 heteroatoms. The molecule has 0 aliphatic rings. The molecule has 2 aromatic carbocycles. The van der Waals surface area contributed by atoms with Crippen LogP contribution in [-0.4, -0.2) is 59.1 Å². The van der Waals surface area contributed by atoms with Gasteiger partial charge in [0.2, 0.25) is 0 Å². The Balaban J connectivity index is 0.000000624. The fourth-order valence-electron chi connectivity index (χ4n) is 2.07. The number of benzene rings is 2. The van der Waals surface area contributed by atoms with E-state index in [1.807, 2.05) is 0 Å². The predicted molar refractivity (Wildman–Crippen MR) is 139 cm³/mol. The molecule has 0 saturated carbocycles. The molecule has 10 nitrogen and oxygen atoms in total. The SMILES string of the molecule is CC(C)(N)C(=O)O.CNC(=O)c1ccc(NC(C)(C)C(=O)O)cc1F.[2H]C([2H])([2H])NC(=O)c1ccc(Br)cc1F. The van der Waals surface area contributed by atoms with Gasteiger partial charge in [0, 0.05) is 28.3 Å². The molecule has 2 rings (SSSR count). The summed E-state index contributed by atoms with van der Waals surface area (Å²) in [5.74, 6) is -5.01. The lowest BCUT2D eigenvalue weighted by atomic mass is 10.1. The maximum Gasteiger partial charge on any atom is 0.328 e. The van der Waals surface area contributed by atoms with Crippen molar-refractivity contribution in [3.8, 4) is 0 Å². The van der Waals surface area contributed by atoms with Gasteiger partial charge >= 0.3 is 11.9 Å². The first-order valence-electron chi connectivity index (χ1n) is 11.8. The van der Waals surface area contributed by atoms with Gasteiger partial charge < -0.3 is 31.9 Å². The molecule has 0 aromatic heterocycles. The zero-order valence-corrected chi connectivity index (χ0v) is 22.3. The number of amides is 2. The van der Waals surface area contributed by atoms with Gasteiger partial charge in [-0.05, 0) is 64.1 Å². The van der Waals surface area contributed by atoms with Gasteiger partial charge in [-0.1, -0.05) is 15.9 Å². The normalized spacial score (nSPS) is 12.1. The number of carboxylic acid groups (broad SMARTS) is 2. The van der Waals surface area contributed by atoms with Crippen molar-refractivity contribution in [3.05, 3.63) is 63.6 Å². The number of hydrogen-bond acceptors (Lipinski definition) is 6. The third kappa shape index (κ3) is 11.3. The van der Waals surface area contributed by atoms with E-state index in [0.29, 0.717) is 10.2 Å². The minimum atomic E-state index is -2.61. The molecule has 0 bridgehead atoms. The van der Waals surface area contributed by atoms with E-state index in [0.717, 1.165) is 12.1 Å². The molecule has 2 aromatic rings. The fraction of sp³-hybridized carbons (Fsp3) is 0.333. The van der Waals surface area contributed by atoms with Crippen molar-refractivity contribution in [1.29, 1.82) is 0 Å². The highest BCUT2D eigenvalue weighted by Gasteiger charge is 2.27. The Labute approximate surface area is 226 Å². The van der Waals surface area contributed by atoms with Crippen LogP contribution in [0.1, 0.15) is 52.5 Å². The first-order valence-corrected chi connectivity index (χ1v) is 11.1. The molecule has 0 unspecified atom stereocenters. The summed E-state index contributed by atoms with van der Waals surface area (Å²) in [6.45, 7) is 3.18. The maximum absolute atomic E-state index is 13.6. The smallest absolute Gasteiger partial charge is 0.328 e. The van der Waals surface area contributed by atoms with E-state index < -0.39 is 53.4 Å². The first-order chi connectivity index (χ1) is 18.0. The summed E-state index contributed by atoms with van der Waals surface area (Å²) in [7, 11) is 1.40. The molecule has 7 N–H and O–H groups in total. The van der Waals surface area contributed by atoms with Gasteiger partial charge in [0.05, 0.1) is 11.1 Å². The Hall–Kier alpha value is -3.58. The van der Waals surface area contributed by atoms with Gasteiger partial charge in [-0.25, -0.2) is 13.6 Å². The highest BCUT2D eigenvalue weighted by Crippen LogP contribution is 2.19. The molecule has 0 aliphatic carbocycles. The molecule has 204 valence electrons. The van der Waals surface area contributed by atoms with Gasteiger partial charge in [-0.3, -0.25) is 14.4 Å². The summed E-state index contributed by atoms with van der Waals surface area (Å²) < 4.78 is 47.7. The van der Waals surface area contributed by atoms with Crippen LogP contribution in [0.4, 0.5) is 14.5 Å². The van der Waals surface area contributed by atoms with Crippen LogP contribution in [0.15, 0.2) is 40.9 Å². The molecule has 0 saturated heterocycles. The Kier molecular flexibility index (Phi) is 10.8. The zero-order chi connectivity index (χ0) is 31.6. The van der Waals surface area contributed by atoms with Crippen molar-refractivity contribution in [3.63, 3.8) is 0 Å². The van der Waals surface area contributed by atoms with Gasteiger partial charge in [-0.2, -0.15) is 0 Å². The number of carbonyl (C=O) groups is 4. The van der Waals surface area contributed by atoms with Crippen LogP contribution >= 0.6 is 15.9 Å². The van der Waals surface area contributed by atoms with E-state index in [4.69, 9.17) is 20.1 Å². The summed E-state index contributed by atoms with van der Waals surface area (Å²) in [6.07, 6.45) is 0. The van der Waals surface area contributed by atoms with E-state index in [1.165, 1.54) is 59.0 Å². The quantitative estimate of drug-likeness (QED) is 0.297. The van der Waals surface area contributed by atoms with Crippen LogP contribution in [-0.2, 0) is 9.59 Å².